The van der Waals surface area contributed by atoms with Crippen molar-refractivity contribution in [1.29, 1.82) is 0 Å². The highest BCUT2D eigenvalue weighted by atomic mass is 32.2. The molecule has 3 nitrogen and oxygen atoms in total. The largest absolute Gasteiger partial charge is 0.217 e. The lowest BCUT2D eigenvalue weighted by molar-refractivity contribution is 0.459. The molecule has 0 aromatic rings. The molecule has 0 aromatic heterocycles. The van der Waals surface area contributed by atoms with Gasteiger partial charge in [0.05, 0.1) is 5.75 Å². The van der Waals surface area contributed by atoms with Crippen LogP contribution in [0.25, 0.3) is 0 Å². The minimum atomic E-state index is -3.09. The van der Waals surface area contributed by atoms with Crippen LogP contribution >= 0.6 is 11.8 Å². The molecule has 1 aliphatic rings. The zero-order valence-corrected chi connectivity index (χ0v) is 9.11. The predicted molar refractivity (Wildman–Crippen MR) is 57.2 cm³/mol. The molecule has 0 atom stereocenters. The van der Waals surface area contributed by atoms with Crippen molar-refractivity contribution >= 4 is 21.8 Å². The lowest BCUT2D eigenvalue weighted by atomic mass is 10.5. The van der Waals surface area contributed by atoms with Crippen molar-refractivity contribution < 1.29 is 8.42 Å². The van der Waals surface area contributed by atoms with Gasteiger partial charge in [0, 0.05) is 18.8 Å². The lowest BCUT2D eigenvalue weighted by Gasteiger charge is -2.17. The fourth-order valence-corrected chi connectivity index (χ4v) is 3.24. The maximum absolute atomic E-state index is 11.6. The van der Waals surface area contributed by atoms with Gasteiger partial charge in [-0.2, -0.15) is 11.8 Å². The zero-order valence-electron chi connectivity index (χ0n) is 7.48. The van der Waals surface area contributed by atoms with E-state index >= 15 is 0 Å². The monoisotopic (exact) mass is 220 g/mol. The Balaban J connectivity index is 2.62. The molecule has 1 aliphatic heterocycles. The fraction of sp³-hybridized carbons (Fsp3) is 0.625. The summed E-state index contributed by atoms with van der Waals surface area (Å²) in [5, 5.41) is 0. The molecule has 0 bridgehead atoms. The van der Waals surface area contributed by atoms with E-state index in [4.69, 9.17) is 0 Å². The van der Waals surface area contributed by atoms with Gasteiger partial charge in [-0.1, -0.05) is 6.08 Å². The van der Waals surface area contributed by atoms with Gasteiger partial charge in [-0.05, 0) is 12.2 Å². The molecular weight excluding hydrogens is 206 g/mol. The first kappa shape index (κ1) is 11.1. The summed E-state index contributed by atoms with van der Waals surface area (Å²) in [4.78, 5) is 0. The van der Waals surface area contributed by atoms with Crippen molar-refractivity contribution in [3.05, 3.63) is 19.1 Å². The van der Waals surface area contributed by atoms with Crippen molar-refractivity contribution in [1.82, 2.24) is 4.31 Å². The van der Waals surface area contributed by atoms with Gasteiger partial charge >= 0.3 is 0 Å². The van der Waals surface area contributed by atoms with Crippen molar-refractivity contribution in [2.75, 3.05) is 30.3 Å². The standard InChI is InChI=1S/C8H14NO2S2/c1-2-8-13(10,11)9-4-3-6-12-7-5-9/h2-3H,1,4-8H2. The highest BCUT2D eigenvalue weighted by Crippen LogP contribution is 2.12. The summed E-state index contributed by atoms with van der Waals surface area (Å²) in [5.41, 5.74) is 0. The van der Waals surface area contributed by atoms with Crippen molar-refractivity contribution in [2.24, 2.45) is 0 Å². The van der Waals surface area contributed by atoms with E-state index < -0.39 is 10.0 Å². The summed E-state index contributed by atoms with van der Waals surface area (Å²) in [6, 6.07) is 0. The number of sulfonamides is 1. The molecule has 0 amide bonds. The van der Waals surface area contributed by atoms with Gasteiger partial charge in [0.2, 0.25) is 10.0 Å². The number of rotatable bonds is 3. The van der Waals surface area contributed by atoms with Gasteiger partial charge in [0.25, 0.3) is 0 Å². The summed E-state index contributed by atoms with van der Waals surface area (Å²) in [6.07, 6.45) is 3.44. The van der Waals surface area contributed by atoms with E-state index in [2.05, 4.69) is 6.58 Å². The molecule has 0 N–H and O–H groups in total. The Bertz CT molecular complexity index is 253. The maximum Gasteiger partial charge on any atom is 0.217 e. The van der Waals surface area contributed by atoms with Crippen LogP contribution in [0.3, 0.4) is 0 Å². The Hall–Kier alpha value is -0.0000000000000000555. The smallest absolute Gasteiger partial charge is 0.212 e. The molecule has 0 unspecified atom stereocenters. The highest BCUT2D eigenvalue weighted by Gasteiger charge is 2.21. The van der Waals surface area contributed by atoms with Crippen molar-refractivity contribution in [3.63, 3.8) is 0 Å². The molecule has 0 spiro atoms. The van der Waals surface area contributed by atoms with Gasteiger partial charge < -0.3 is 0 Å². The topological polar surface area (TPSA) is 37.4 Å². The minimum absolute atomic E-state index is 0.0471. The second-order valence-electron chi connectivity index (χ2n) is 2.79. The average molecular weight is 220 g/mol. The van der Waals surface area contributed by atoms with Crippen LogP contribution in [0.1, 0.15) is 0 Å². The van der Waals surface area contributed by atoms with Gasteiger partial charge in [-0.15, -0.1) is 6.58 Å². The third kappa shape index (κ3) is 3.32. The summed E-state index contributed by atoms with van der Waals surface area (Å²) >= 11 is 1.77. The van der Waals surface area contributed by atoms with E-state index in [1.165, 1.54) is 10.4 Å². The van der Waals surface area contributed by atoms with Crippen LogP contribution in [-0.4, -0.2) is 43.1 Å². The van der Waals surface area contributed by atoms with Crippen LogP contribution < -0.4 is 0 Å². The molecule has 13 heavy (non-hydrogen) atoms. The fourth-order valence-electron chi connectivity index (χ4n) is 1.13. The molecule has 1 heterocycles. The Kier molecular flexibility index (Phi) is 4.28. The van der Waals surface area contributed by atoms with Crippen LogP contribution in [0.5, 0.6) is 0 Å². The normalized spacial score (nSPS) is 20.9. The van der Waals surface area contributed by atoms with E-state index in [1.807, 2.05) is 6.42 Å². The summed E-state index contributed by atoms with van der Waals surface area (Å²) in [5.74, 6) is 1.87. The van der Waals surface area contributed by atoms with E-state index in [0.717, 1.165) is 11.5 Å². The molecule has 0 aromatic carbocycles. The molecule has 1 fully saturated rings. The number of hydrogen-bond acceptors (Lipinski definition) is 3. The first-order chi connectivity index (χ1) is 6.17. The Morgan fingerprint density at radius 1 is 1.62 bits per heavy atom. The molecule has 0 saturated carbocycles. The number of nitrogens with zero attached hydrogens (tertiary/aromatic N) is 1. The van der Waals surface area contributed by atoms with Gasteiger partial charge in [0.15, 0.2) is 0 Å². The van der Waals surface area contributed by atoms with E-state index in [9.17, 15) is 8.42 Å². The average Bonchev–Trinajstić information content (AvgIpc) is 2.31. The van der Waals surface area contributed by atoms with Crippen molar-refractivity contribution in [3.8, 4) is 0 Å². The minimum Gasteiger partial charge on any atom is -0.212 e. The Morgan fingerprint density at radius 3 is 3.08 bits per heavy atom. The number of thioether (sulfide) groups is 1. The number of hydrogen-bond donors (Lipinski definition) is 0. The summed E-state index contributed by atoms with van der Waals surface area (Å²) in [6.45, 7) is 4.61. The lowest BCUT2D eigenvalue weighted by Crippen LogP contribution is -2.34. The quantitative estimate of drug-likeness (QED) is 0.659. The van der Waals surface area contributed by atoms with E-state index in [1.54, 1.807) is 11.8 Å². The Labute approximate surface area is 84.2 Å². The zero-order chi connectivity index (χ0) is 9.73. The summed E-state index contributed by atoms with van der Waals surface area (Å²) < 4.78 is 24.7. The van der Waals surface area contributed by atoms with Gasteiger partial charge in [-0.25, -0.2) is 12.7 Å². The second-order valence-corrected chi connectivity index (χ2v) is 5.95. The Morgan fingerprint density at radius 2 is 2.38 bits per heavy atom. The molecule has 75 valence electrons. The third-order valence-corrected chi connectivity index (χ3v) is 4.49. The van der Waals surface area contributed by atoms with Crippen LogP contribution in [-0.2, 0) is 10.0 Å². The first-order valence-corrected chi connectivity index (χ1v) is 6.91. The van der Waals surface area contributed by atoms with Gasteiger partial charge in [-0.3, -0.25) is 0 Å². The van der Waals surface area contributed by atoms with E-state index in [-0.39, 0.29) is 5.75 Å². The SMILES string of the molecule is C=CCS(=O)(=O)N1C[CH]CSCC1. The molecule has 0 aliphatic carbocycles. The van der Waals surface area contributed by atoms with Crippen molar-refractivity contribution in [2.45, 2.75) is 0 Å². The predicted octanol–water partition coefficient (Wildman–Crippen LogP) is 0.755. The second kappa shape index (κ2) is 5.02. The first-order valence-electron chi connectivity index (χ1n) is 4.15. The maximum atomic E-state index is 11.6. The van der Waals surface area contributed by atoms with Crippen LogP contribution in [0.15, 0.2) is 12.7 Å². The molecule has 1 radical (unpaired) electrons. The van der Waals surface area contributed by atoms with Crippen LogP contribution in [0.2, 0.25) is 0 Å². The third-order valence-electron chi connectivity index (χ3n) is 1.78. The highest BCUT2D eigenvalue weighted by molar-refractivity contribution is 7.99. The summed E-state index contributed by atoms with van der Waals surface area (Å²) in [7, 11) is -3.09. The molecular formula is C8H14NO2S2. The molecule has 1 rings (SSSR count). The van der Waals surface area contributed by atoms with Crippen LogP contribution in [0.4, 0.5) is 0 Å². The molecule has 1 saturated heterocycles. The van der Waals surface area contributed by atoms with E-state index in [0.29, 0.717) is 13.1 Å². The van der Waals surface area contributed by atoms with Crippen LogP contribution in [0, 0.1) is 6.42 Å². The van der Waals surface area contributed by atoms with Gasteiger partial charge in [0.1, 0.15) is 0 Å². The molecule has 5 heteroatoms.